The van der Waals surface area contributed by atoms with Gasteiger partial charge in [-0.15, -0.1) is 34.2 Å². The summed E-state index contributed by atoms with van der Waals surface area (Å²) in [5, 5.41) is 16.0. The number of halogens is 1. The van der Waals surface area contributed by atoms with Crippen LogP contribution in [0.25, 0.3) is 0 Å². The molecule has 0 unspecified atom stereocenters. The van der Waals surface area contributed by atoms with E-state index in [1.165, 1.54) is 30.7 Å². The van der Waals surface area contributed by atoms with Crippen LogP contribution in [0.2, 0.25) is 0 Å². The lowest BCUT2D eigenvalue weighted by Crippen LogP contribution is -2.48. The van der Waals surface area contributed by atoms with Gasteiger partial charge in [0.1, 0.15) is 11.6 Å². The predicted molar refractivity (Wildman–Crippen MR) is 141 cm³/mol. The van der Waals surface area contributed by atoms with E-state index in [1.807, 2.05) is 7.05 Å². The highest BCUT2D eigenvalue weighted by Crippen LogP contribution is 2.16. The van der Waals surface area contributed by atoms with Gasteiger partial charge >= 0.3 is 0 Å². The molecule has 4 rings (SSSR count). The Morgan fingerprint density at radius 3 is 2.66 bits per heavy atom. The zero-order valence-electron chi connectivity index (χ0n) is 19.3. The van der Waals surface area contributed by atoms with Crippen LogP contribution in [0.1, 0.15) is 55.7 Å². The molecular formula is C24H38IN7. The van der Waals surface area contributed by atoms with Gasteiger partial charge in [0.05, 0.1) is 0 Å². The molecule has 0 amide bonds. The number of aryl methyl sites for hydroxylation is 2. The second kappa shape index (κ2) is 13.1. The second-order valence-electron chi connectivity index (χ2n) is 8.78. The maximum absolute atomic E-state index is 4.44. The van der Waals surface area contributed by atoms with Crippen molar-refractivity contribution in [2.24, 2.45) is 4.99 Å². The molecule has 176 valence electrons. The standard InChI is InChI=1S/C24H37N7.HI/c1-25-24(26-15-8-12-23-29-28-22-11-6-3-7-16-31(22)23)27-21-13-17-30(18-14-21)19-20-9-4-2-5-10-20;/h2,4-5,9-10,21H,3,6-8,11-19H2,1H3,(H2,25,26,27);1H. The average Bonchev–Trinajstić information content (AvgIpc) is 3.03. The lowest BCUT2D eigenvalue weighted by molar-refractivity contribution is 0.198. The Morgan fingerprint density at radius 1 is 1.06 bits per heavy atom. The van der Waals surface area contributed by atoms with Gasteiger partial charge in [0.25, 0.3) is 0 Å². The number of aromatic nitrogens is 3. The minimum atomic E-state index is 0. The number of aliphatic imine (C=N–C) groups is 1. The molecule has 0 spiro atoms. The van der Waals surface area contributed by atoms with Gasteiger partial charge in [0, 0.05) is 58.7 Å². The number of piperidine rings is 1. The molecule has 2 aliphatic rings. The van der Waals surface area contributed by atoms with Gasteiger partial charge in [-0.2, -0.15) is 0 Å². The first kappa shape index (κ1) is 25.0. The Bertz CT molecular complexity index is 828. The summed E-state index contributed by atoms with van der Waals surface area (Å²) >= 11 is 0. The van der Waals surface area contributed by atoms with Crippen LogP contribution >= 0.6 is 24.0 Å². The Hall–Kier alpha value is -1.68. The molecule has 0 aliphatic carbocycles. The van der Waals surface area contributed by atoms with Gasteiger partial charge < -0.3 is 15.2 Å². The molecule has 8 heteroatoms. The van der Waals surface area contributed by atoms with Crippen LogP contribution in [0.15, 0.2) is 35.3 Å². The highest BCUT2D eigenvalue weighted by atomic mass is 127. The van der Waals surface area contributed by atoms with Crippen LogP contribution in [0.5, 0.6) is 0 Å². The van der Waals surface area contributed by atoms with Crippen molar-refractivity contribution in [1.29, 1.82) is 0 Å². The van der Waals surface area contributed by atoms with Gasteiger partial charge in [-0.3, -0.25) is 9.89 Å². The van der Waals surface area contributed by atoms with E-state index in [0.717, 1.165) is 76.6 Å². The van der Waals surface area contributed by atoms with E-state index in [2.05, 4.69) is 65.6 Å². The smallest absolute Gasteiger partial charge is 0.191 e. The molecule has 1 aromatic heterocycles. The monoisotopic (exact) mass is 551 g/mol. The van der Waals surface area contributed by atoms with Gasteiger partial charge in [0.2, 0.25) is 0 Å². The molecule has 0 saturated carbocycles. The SMILES string of the molecule is CN=C(NCCCc1nnc2n1CCCCC2)NC1CCN(Cc2ccccc2)CC1.I. The summed E-state index contributed by atoms with van der Waals surface area (Å²) < 4.78 is 2.35. The summed E-state index contributed by atoms with van der Waals surface area (Å²) in [6.45, 7) is 5.28. The van der Waals surface area contributed by atoms with E-state index in [9.17, 15) is 0 Å². The van der Waals surface area contributed by atoms with Crippen molar-refractivity contribution in [1.82, 2.24) is 30.3 Å². The third kappa shape index (κ3) is 7.16. The summed E-state index contributed by atoms with van der Waals surface area (Å²) in [5.41, 5.74) is 1.40. The third-order valence-electron chi connectivity index (χ3n) is 6.46. The fourth-order valence-corrected chi connectivity index (χ4v) is 4.65. The molecule has 2 N–H and O–H groups in total. The highest BCUT2D eigenvalue weighted by Gasteiger charge is 2.20. The predicted octanol–water partition coefficient (Wildman–Crippen LogP) is 3.38. The van der Waals surface area contributed by atoms with Crippen LogP contribution in [-0.4, -0.2) is 58.3 Å². The first-order chi connectivity index (χ1) is 15.3. The Balaban J connectivity index is 0.00000289. The van der Waals surface area contributed by atoms with Crippen LogP contribution < -0.4 is 10.6 Å². The van der Waals surface area contributed by atoms with Crippen molar-refractivity contribution >= 4 is 29.9 Å². The maximum atomic E-state index is 4.44. The van der Waals surface area contributed by atoms with Crippen LogP contribution in [0.4, 0.5) is 0 Å². The first-order valence-corrected chi connectivity index (χ1v) is 12.0. The number of likely N-dealkylation sites (tertiary alicyclic amines) is 1. The number of hydrogen-bond acceptors (Lipinski definition) is 4. The van der Waals surface area contributed by atoms with Crippen LogP contribution in [0, 0.1) is 0 Å². The second-order valence-corrected chi connectivity index (χ2v) is 8.78. The van der Waals surface area contributed by atoms with Crippen molar-refractivity contribution in [3.05, 3.63) is 47.5 Å². The Kier molecular flexibility index (Phi) is 10.2. The molecule has 0 radical (unpaired) electrons. The molecule has 0 bridgehead atoms. The lowest BCUT2D eigenvalue weighted by Gasteiger charge is -2.33. The molecule has 7 nitrogen and oxygen atoms in total. The minimum Gasteiger partial charge on any atom is -0.356 e. The average molecular weight is 552 g/mol. The summed E-state index contributed by atoms with van der Waals surface area (Å²) in [6, 6.07) is 11.3. The van der Waals surface area contributed by atoms with Crippen molar-refractivity contribution in [3.63, 3.8) is 0 Å². The van der Waals surface area contributed by atoms with E-state index in [4.69, 9.17) is 0 Å². The molecule has 2 aromatic rings. The minimum absolute atomic E-state index is 0. The molecular weight excluding hydrogens is 513 g/mol. The van der Waals surface area contributed by atoms with Gasteiger partial charge in [-0.05, 0) is 37.7 Å². The maximum Gasteiger partial charge on any atom is 0.191 e. The topological polar surface area (TPSA) is 70.4 Å². The summed E-state index contributed by atoms with van der Waals surface area (Å²) in [7, 11) is 1.86. The largest absolute Gasteiger partial charge is 0.356 e. The van der Waals surface area contributed by atoms with E-state index in [0.29, 0.717) is 6.04 Å². The molecule has 1 aromatic carbocycles. The van der Waals surface area contributed by atoms with Crippen LogP contribution in [0.3, 0.4) is 0 Å². The number of fused-ring (bicyclic) bond motifs is 1. The number of rotatable bonds is 7. The quantitative estimate of drug-likeness (QED) is 0.239. The van der Waals surface area contributed by atoms with E-state index in [-0.39, 0.29) is 24.0 Å². The van der Waals surface area contributed by atoms with E-state index >= 15 is 0 Å². The first-order valence-electron chi connectivity index (χ1n) is 12.0. The van der Waals surface area contributed by atoms with E-state index < -0.39 is 0 Å². The molecule has 1 saturated heterocycles. The number of guanidine groups is 1. The summed E-state index contributed by atoms with van der Waals surface area (Å²) in [6.07, 6.45) is 9.18. The molecule has 0 atom stereocenters. The van der Waals surface area contributed by atoms with Crippen molar-refractivity contribution in [2.75, 3.05) is 26.7 Å². The van der Waals surface area contributed by atoms with Crippen molar-refractivity contribution in [3.8, 4) is 0 Å². The summed E-state index contributed by atoms with van der Waals surface area (Å²) in [5.74, 6) is 3.24. The Labute approximate surface area is 209 Å². The van der Waals surface area contributed by atoms with Gasteiger partial charge in [0.15, 0.2) is 5.96 Å². The highest BCUT2D eigenvalue weighted by molar-refractivity contribution is 14.0. The molecule has 1 fully saturated rings. The Morgan fingerprint density at radius 2 is 1.88 bits per heavy atom. The lowest BCUT2D eigenvalue weighted by atomic mass is 10.0. The summed E-state index contributed by atoms with van der Waals surface area (Å²) in [4.78, 5) is 6.98. The number of benzene rings is 1. The van der Waals surface area contributed by atoms with E-state index in [1.54, 1.807) is 0 Å². The fourth-order valence-electron chi connectivity index (χ4n) is 4.65. The normalized spacial score (nSPS) is 17.8. The fraction of sp³-hybridized carbons (Fsp3) is 0.625. The van der Waals surface area contributed by atoms with Crippen LogP contribution in [-0.2, 0) is 25.9 Å². The molecule has 3 heterocycles. The zero-order chi connectivity index (χ0) is 21.3. The third-order valence-corrected chi connectivity index (χ3v) is 6.46. The molecule has 2 aliphatic heterocycles. The number of hydrogen-bond donors (Lipinski definition) is 2. The number of nitrogens with one attached hydrogen (secondary N) is 2. The van der Waals surface area contributed by atoms with Crippen molar-refractivity contribution in [2.45, 2.75) is 70.5 Å². The number of nitrogens with zero attached hydrogens (tertiary/aromatic N) is 5. The molecule has 32 heavy (non-hydrogen) atoms. The van der Waals surface area contributed by atoms with Gasteiger partial charge in [-0.1, -0.05) is 36.8 Å². The zero-order valence-corrected chi connectivity index (χ0v) is 21.6. The van der Waals surface area contributed by atoms with Crippen molar-refractivity contribution < 1.29 is 0 Å². The van der Waals surface area contributed by atoms with Gasteiger partial charge in [-0.25, -0.2) is 0 Å².